The van der Waals surface area contributed by atoms with Crippen LogP contribution >= 0.6 is 12.6 Å². The molecule has 2 nitrogen and oxygen atoms in total. The Morgan fingerprint density at radius 2 is 2.60 bits per heavy atom. The highest BCUT2D eigenvalue weighted by Gasteiger charge is 1.82. The summed E-state index contributed by atoms with van der Waals surface area (Å²) in [7, 11) is 0. The predicted octanol–water partition coefficient (Wildman–Crippen LogP) is 1.74. The fourth-order valence-corrected chi connectivity index (χ4v) is 0.793. The second-order valence-corrected chi connectivity index (χ2v) is 2.37. The Morgan fingerprint density at radius 1 is 1.70 bits per heavy atom. The topological polar surface area (TPSA) is 28.7 Å². The highest BCUT2D eigenvalue weighted by Crippen LogP contribution is 1.96. The average molecular weight is 154 g/mol. The summed E-state index contributed by atoms with van der Waals surface area (Å²) >= 11 is 4.07. The monoisotopic (exact) mass is 154 g/mol. The molecule has 0 aliphatic carbocycles. The minimum Gasteiger partial charge on any atom is -0.278 e. The van der Waals surface area contributed by atoms with Crippen molar-refractivity contribution in [2.24, 2.45) is 0 Å². The molecule has 0 saturated heterocycles. The molecule has 1 aromatic rings. The Balaban J connectivity index is 2.40. The van der Waals surface area contributed by atoms with Gasteiger partial charge >= 0.3 is 0 Å². The summed E-state index contributed by atoms with van der Waals surface area (Å²) in [6.07, 6.45) is 6.81. The Hall–Kier alpha value is -0.700. The SMILES string of the molecule is SCCC=Cc1ccn[nH]1. The highest BCUT2D eigenvalue weighted by molar-refractivity contribution is 7.80. The largest absolute Gasteiger partial charge is 0.278 e. The standard InChI is InChI=1S/C7H10N2S/c10-6-2-1-3-7-4-5-8-9-7/h1,3-5,10H,2,6H2,(H,8,9). The molecule has 54 valence electrons. The van der Waals surface area contributed by atoms with E-state index in [1.165, 1.54) is 0 Å². The van der Waals surface area contributed by atoms with Crippen molar-refractivity contribution in [1.82, 2.24) is 10.2 Å². The molecule has 0 aliphatic rings. The van der Waals surface area contributed by atoms with E-state index in [0.717, 1.165) is 17.9 Å². The Kier molecular flexibility index (Phi) is 3.09. The van der Waals surface area contributed by atoms with E-state index >= 15 is 0 Å². The zero-order chi connectivity index (χ0) is 7.23. The molecule has 1 N–H and O–H groups in total. The van der Waals surface area contributed by atoms with E-state index in [2.05, 4.69) is 28.9 Å². The zero-order valence-electron chi connectivity index (χ0n) is 5.62. The summed E-state index contributed by atoms with van der Waals surface area (Å²) in [5.41, 5.74) is 1.04. The number of aromatic amines is 1. The van der Waals surface area contributed by atoms with Crippen molar-refractivity contribution in [2.75, 3.05) is 5.75 Å². The third-order valence-corrected chi connectivity index (χ3v) is 1.37. The van der Waals surface area contributed by atoms with Crippen LogP contribution in [0, 0.1) is 0 Å². The maximum atomic E-state index is 4.07. The molecule has 1 rings (SSSR count). The molecule has 0 spiro atoms. The second kappa shape index (κ2) is 4.17. The number of rotatable bonds is 3. The van der Waals surface area contributed by atoms with Crippen molar-refractivity contribution in [1.29, 1.82) is 0 Å². The van der Waals surface area contributed by atoms with E-state index in [4.69, 9.17) is 0 Å². The lowest BCUT2D eigenvalue weighted by atomic mass is 10.3. The number of nitrogens with one attached hydrogen (secondary N) is 1. The van der Waals surface area contributed by atoms with E-state index in [9.17, 15) is 0 Å². The van der Waals surface area contributed by atoms with Gasteiger partial charge in [0.15, 0.2) is 0 Å². The van der Waals surface area contributed by atoms with Gasteiger partial charge in [0, 0.05) is 6.20 Å². The first kappa shape index (κ1) is 7.41. The molecule has 0 atom stereocenters. The van der Waals surface area contributed by atoms with Crippen LogP contribution in [-0.2, 0) is 0 Å². The van der Waals surface area contributed by atoms with Crippen molar-refractivity contribution >= 4 is 18.7 Å². The van der Waals surface area contributed by atoms with Crippen molar-refractivity contribution in [2.45, 2.75) is 6.42 Å². The first-order valence-electron chi connectivity index (χ1n) is 3.20. The molecule has 3 heteroatoms. The Morgan fingerprint density at radius 3 is 3.20 bits per heavy atom. The van der Waals surface area contributed by atoms with Crippen molar-refractivity contribution in [3.05, 3.63) is 24.0 Å². The molecule has 0 fully saturated rings. The molecule has 1 aromatic heterocycles. The van der Waals surface area contributed by atoms with Crippen LogP contribution in [0.3, 0.4) is 0 Å². The van der Waals surface area contributed by atoms with E-state index < -0.39 is 0 Å². The lowest BCUT2D eigenvalue weighted by Crippen LogP contribution is -1.71. The molecular weight excluding hydrogens is 144 g/mol. The van der Waals surface area contributed by atoms with Gasteiger partial charge in [0.2, 0.25) is 0 Å². The molecule has 0 unspecified atom stereocenters. The highest BCUT2D eigenvalue weighted by atomic mass is 32.1. The second-order valence-electron chi connectivity index (χ2n) is 1.93. The van der Waals surface area contributed by atoms with Crippen LogP contribution in [0.4, 0.5) is 0 Å². The molecule has 0 radical (unpaired) electrons. The van der Waals surface area contributed by atoms with Crippen LogP contribution in [0.15, 0.2) is 18.3 Å². The molecule has 1 heterocycles. The van der Waals surface area contributed by atoms with Gasteiger partial charge in [-0.1, -0.05) is 6.08 Å². The molecule has 0 aliphatic heterocycles. The van der Waals surface area contributed by atoms with Crippen LogP contribution in [0.1, 0.15) is 12.1 Å². The molecule has 0 aromatic carbocycles. The number of thiol groups is 1. The fourth-order valence-electron chi connectivity index (χ4n) is 0.644. The molecule has 0 amide bonds. The summed E-state index contributed by atoms with van der Waals surface area (Å²) < 4.78 is 0. The number of hydrogen-bond donors (Lipinski definition) is 2. The van der Waals surface area contributed by atoms with Crippen LogP contribution in [0.5, 0.6) is 0 Å². The van der Waals surface area contributed by atoms with Crippen molar-refractivity contribution < 1.29 is 0 Å². The van der Waals surface area contributed by atoms with Gasteiger partial charge in [-0.3, -0.25) is 5.10 Å². The molecule has 0 saturated carbocycles. The van der Waals surface area contributed by atoms with Gasteiger partial charge in [-0.15, -0.1) is 0 Å². The third kappa shape index (κ3) is 2.27. The average Bonchev–Trinajstić information content (AvgIpc) is 2.41. The Bertz CT molecular complexity index is 191. The summed E-state index contributed by atoms with van der Waals surface area (Å²) in [6, 6.07) is 1.93. The fraction of sp³-hybridized carbons (Fsp3) is 0.286. The number of allylic oxidation sites excluding steroid dienone is 1. The lowest BCUT2D eigenvalue weighted by molar-refractivity contribution is 1.08. The van der Waals surface area contributed by atoms with Gasteiger partial charge in [-0.2, -0.15) is 17.7 Å². The van der Waals surface area contributed by atoms with Crippen LogP contribution in [0.2, 0.25) is 0 Å². The van der Waals surface area contributed by atoms with Crippen molar-refractivity contribution in [3.8, 4) is 0 Å². The minimum atomic E-state index is 0.893. The number of aromatic nitrogens is 2. The zero-order valence-corrected chi connectivity index (χ0v) is 6.51. The molecule has 10 heavy (non-hydrogen) atoms. The van der Waals surface area contributed by atoms with Gasteiger partial charge in [-0.25, -0.2) is 0 Å². The van der Waals surface area contributed by atoms with Gasteiger partial charge in [0.25, 0.3) is 0 Å². The van der Waals surface area contributed by atoms with E-state index in [1.54, 1.807) is 6.20 Å². The maximum absolute atomic E-state index is 4.07. The number of H-pyrrole nitrogens is 1. The van der Waals surface area contributed by atoms with Crippen LogP contribution < -0.4 is 0 Å². The van der Waals surface area contributed by atoms with Gasteiger partial charge < -0.3 is 0 Å². The lowest BCUT2D eigenvalue weighted by Gasteiger charge is -1.82. The van der Waals surface area contributed by atoms with Crippen LogP contribution in [0.25, 0.3) is 6.08 Å². The van der Waals surface area contributed by atoms with Gasteiger partial charge in [-0.05, 0) is 24.3 Å². The summed E-state index contributed by atoms with van der Waals surface area (Å²) in [5.74, 6) is 0.893. The first-order chi connectivity index (χ1) is 4.93. The maximum Gasteiger partial charge on any atom is 0.0574 e. The van der Waals surface area contributed by atoms with E-state index in [0.29, 0.717) is 0 Å². The smallest absolute Gasteiger partial charge is 0.0574 e. The number of nitrogens with zero attached hydrogens (tertiary/aromatic N) is 1. The normalized spacial score (nSPS) is 10.9. The summed E-state index contributed by atoms with van der Waals surface area (Å²) in [4.78, 5) is 0. The summed E-state index contributed by atoms with van der Waals surface area (Å²) in [5, 5.41) is 6.64. The van der Waals surface area contributed by atoms with Crippen molar-refractivity contribution in [3.63, 3.8) is 0 Å². The minimum absolute atomic E-state index is 0.893. The molecule has 0 bridgehead atoms. The number of hydrogen-bond acceptors (Lipinski definition) is 2. The van der Waals surface area contributed by atoms with Gasteiger partial charge in [0.1, 0.15) is 0 Å². The predicted molar refractivity (Wildman–Crippen MR) is 46.1 cm³/mol. The van der Waals surface area contributed by atoms with Gasteiger partial charge in [0.05, 0.1) is 5.69 Å². The van der Waals surface area contributed by atoms with E-state index in [1.807, 2.05) is 12.1 Å². The summed E-state index contributed by atoms with van der Waals surface area (Å²) in [6.45, 7) is 0. The van der Waals surface area contributed by atoms with Crippen LogP contribution in [-0.4, -0.2) is 16.0 Å². The first-order valence-corrected chi connectivity index (χ1v) is 3.83. The quantitative estimate of drug-likeness (QED) is 0.638. The molecular formula is C7H10N2S. The Labute approximate surface area is 65.8 Å². The van der Waals surface area contributed by atoms with E-state index in [-0.39, 0.29) is 0 Å². The third-order valence-electron chi connectivity index (χ3n) is 1.12.